The lowest BCUT2D eigenvalue weighted by Crippen LogP contribution is -2.09. The zero-order valence-corrected chi connectivity index (χ0v) is 10.3. The Morgan fingerprint density at radius 1 is 1.39 bits per heavy atom. The van der Waals surface area contributed by atoms with Crippen LogP contribution in [0.15, 0.2) is 33.6 Å². The van der Waals surface area contributed by atoms with E-state index >= 15 is 0 Å². The van der Waals surface area contributed by atoms with Crippen LogP contribution < -0.4 is 5.63 Å². The molecular weight excluding hydrogens is 258 g/mol. The molecule has 1 aromatic heterocycles. The molecule has 0 fully saturated rings. The first-order valence-corrected chi connectivity index (χ1v) is 5.55. The van der Waals surface area contributed by atoms with Gasteiger partial charge in [0.15, 0.2) is 5.56 Å². The van der Waals surface area contributed by atoms with Crippen LogP contribution in [0.5, 0.6) is 0 Å². The molecule has 18 heavy (non-hydrogen) atoms. The van der Waals surface area contributed by atoms with Crippen molar-refractivity contribution in [2.75, 3.05) is 0 Å². The van der Waals surface area contributed by atoms with Gasteiger partial charge in [0, 0.05) is 5.02 Å². The van der Waals surface area contributed by atoms with E-state index < -0.39 is 11.6 Å². The average molecular weight is 268 g/mol. The van der Waals surface area contributed by atoms with Crippen molar-refractivity contribution in [3.8, 4) is 0 Å². The molecule has 0 spiro atoms. The molecule has 0 aliphatic rings. The number of hydrogen-bond acceptors (Lipinski definition) is 3. The summed E-state index contributed by atoms with van der Waals surface area (Å²) in [6.07, 6.45) is 0. The summed E-state index contributed by atoms with van der Waals surface area (Å²) in [6, 6.07) is 6.99. The second kappa shape index (κ2) is 4.70. The van der Waals surface area contributed by atoms with Gasteiger partial charge in [-0.25, -0.2) is 14.3 Å². The molecule has 0 saturated heterocycles. The zero-order valence-electron chi connectivity index (χ0n) is 9.51. The number of hydrogen-bond donors (Lipinski definition) is 1. The number of halogens is 1. The molecule has 1 heterocycles. The van der Waals surface area contributed by atoms with E-state index in [0.29, 0.717) is 10.7 Å². The Hall–Kier alpha value is -2.01. The number of rotatable bonds is 3. The van der Waals surface area contributed by atoms with Crippen LogP contribution in [0.4, 0.5) is 0 Å². The molecule has 0 bridgehead atoms. The van der Waals surface area contributed by atoms with Crippen molar-refractivity contribution in [2.45, 2.75) is 13.5 Å². The maximum Gasteiger partial charge on any atom is 0.372 e. The maximum absolute atomic E-state index is 11.4. The van der Waals surface area contributed by atoms with Gasteiger partial charge in [0.1, 0.15) is 0 Å². The molecule has 94 valence electrons. The minimum Gasteiger partial charge on any atom is -0.477 e. The lowest BCUT2D eigenvalue weighted by molar-refractivity contribution is 0.0693. The van der Waals surface area contributed by atoms with E-state index in [2.05, 4.69) is 0 Å². The molecule has 2 aromatic rings. The molecule has 1 N–H and O–H groups in total. The normalized spacial score (nSPS) is 10.6. The van der Waals surface area contributed by atoms with Gasteiger partial charge in [-0.05, 0) is 24.6 Å². The Balaban J connectivity index is 2.36. The van der Waals surface area contributed by atoms with Gasteiger partial charge in [-0.1, -0.05) is 23.7 Å². The largest absolute Gasteiger partial charge is 0.477 e. The van der Waals surface area contributed by atoms with Crippen LogP contribution in [-0.4, -0.2) is 15.8 Å². The highest BCUT2D eigenvalue weighted by molar-refractivity contribution is 6.30. The van der Waals surface area contributed by atoms with E-state index in [0.717, 1.165) is 5.56 Å². The Morgan fingerprint density at radius 3 is 2.50 bits per heavy atom. The summed E-state index contributed by atoms with van der Waals surface area (Å²) >= 11 is 5.76. The molecule has 0 saturated carbocycles. The fourth-order valence-corrected chi connectivity index (χ4v) is 1.76. The Kier molecular flexibility index (Phi) is 3.25. The van der Waals surface area contributed by atoms with Crippen LogP contribution in [0.1, 0.15) is 21.6 Å². The van der Waals surface area contributed by atoms with Gasteiger partial charge >= 0.3 is 11.6 Å². The van der Waals surface area contributed by atoms with E-state index in [9.17, 15) is 9.59 Å². The molecular formula is C12H10ClNO4. The van der Waals surface area contributed by atoms with Gasteiger partial charge in [-0.15, -0.1) is 0 Å². The van der Waals surface area contributed by atoms with Crippen molar-refractivity contribution in [3.63, 3.8) is 0 Å². The topological polar surface area (TPSA) is 72.4 Å². The standard InChI is InChI=1S/C12H10ClNO4/c1-7-10(11(15)16)12(17)18-14(7)6-8-2-4-9(13)5-3-8/h2-5H,6H2,1H3,(H,15,16). The van der Waals surface area contributed by atoms with Crippen molar-refractivity contribution in [3.05, 3.63) is 56.5 Å². The first-order valence-electron chi connectivity index (χ1n) is 5.17. The molecule has 0 amide bonds. The number of carboxylic acids is 1. The number of aromatic carboxylic acids is 1. The summed E-state index contributed by atoms with van der Waals surface area (Å²) in [4.78, 5) is 22.2. The van der Waals surface area contributed by atoms with E-state index in [1.807, 2.05) is 0 Å². The SMILES string of the molecule is Cc1c(C(=O)O)c(=O)on1Cc1ccc(Cl)cc1. The van der Waals surface area contributed by atoms with Gasteiger partial charge < -0.3 is 9.63 Å². The fraction of sp³-hybridized carbons (Fsp3) is 0.167. The van der Waals surface area contributed by atoms with Crippen molar-refractivity contribution in [1.82, 2.24) is 4.74 Å². The zero-order chi connectivity index (χ0) is 13.3. The quantitative estimate of drug-likeness (QED) is 0.925. The van der Waals surface area contributed by atoms with Crippen molar-refractivity contribution < 1.29 is 14.4 Å². The number of carboxylic acid groups (broad SMARTS) is 1. The monoisotopic (exact) mass is 267 g/mol. The third-order valence-electron chi connectivity index (χ3n) is 2.59. The molecule has 0 atom stereocenters. The summed E-state index contributed by atoms with van der Waals surface area (Å²) in [5, 5.41) is 9.48. The smallest absolute Gasteiger partial charge is 0.372 e. The van der Waals surface area contributed by atoms with Crippen molar-refractivity contribution in [1.29, 1.82) is 0 Å². The van der Waals surface area contributed by atoms with Crippen LogP contribution in [0.2, 0.25) is 5.02 Å². The second-order valence-electron chi connectivity index (χ2n) is 3.81. The molecule has 6 heteroatoms. The van der Waals surface area contributed by atoms with E-state index in [4.69, 9.17) is 21.2 Å². The minimum atomic E-state index is -1.28. The third kappa shape index (κ3) is 2.31. The minimum absolute atomic E-state index is 0.283. The van der Waals surface area contributed by atoms with Crippen LogP contribution in [0.25, 0.3) is 0 Å². The molecule has 2 rings (SSSR count). The highest BCUT2D eigenvalue weighted by atomic mass is 35.5. The van der Waals surface area contributed by atoms with Crippen LogP contribution in [0, 0.1) is 6.92 Å². The summed E-state index contributed by atoms with van der Waals surface area (Å²) in [7, 11) is 0. The second-order valence-corrected chi connectivity index (χ2v) is 4.24. The highest BCUT2D eigenvalue weighted by Gasteiger charge is 2.19. The summed E-state index contributed by atoms with van der Waals surface area (Å²) in [6.45, 7) is 1.82. The third-order valence-corrected chi connectivity index (χ3v) is 2.84. The van der Waals surface area contributed by atoms with Crippen molar-refractivity contribution >= 4 is 17.6 Å². The number of aromatic nitrogens is 1. The number of carbonyl (C=O) groups is 1. The summed E-state index contributed by atoms with van der Waals surface area (Å²) in [5.74, 6) is -1.28. The highest BCUT2D eigenvalue weighted by Crippen LogP contribution is 2.12. The van der Waals surface area contributed by atoms with Gasteiger partial charge in [0.25, 0.3) is 0 Å². The molecule has 0 unspecified atom stereocenters. The van der Waals surface area contributed by atoms with Gasteiger partial charge in [-0.2, -0.15) is 0 Å². The predicted molar refractivity (Wildman–Crippen MR) is 65.2 cm³/mol. The van der Waals surface area contributed by atoms with Crippen LogP contribution in [-0.2, 0) is 6.54 Å². The Labute approximate surface area is 107 Å². The predicted octanol–water partition coefficient (Wildman–Crippen LogP) is 2.15. The van der Waals surface area contributed by atoms with Gasteiger partial charge in [0.2, 0.25) is 0 Å². The average Bonchev–Trinajstić information content (AvgIpc) is 2.57. The van der Waals surface area contributed by atoms with E-state index in [-0.39, 0.29) is 12.1 Å². The van der Waals surface area contributed by atoms with Gasteiger partial charge in [0.05, 0.1) is 12.2 Å². The van der Waals surface area contributed by atoms with Crippen LogP contribution in [0.3, 0.4) is 0 Å². The summed E-state index contributed by atoms with van der Waals surface area (Å²) in [5.41, 5.74) is -0.0152. The van der Waals surface area contributed by atoms with Crippen molar-refractivity contribution in [2.24, 2.45) is 0 Å². The Bertz CT molecular complexity index is 639. The molecule has 0 aliphatic heterocycles. The number of benzene rings is 1. The lowest BCUT2D eigenvalue weighted by atomic mass is 10.2. The number of nitrogens with zero attached hydrogens (tertiary/aromatic N) is 1. The molecule has 0 aliphatic carbocycles. The molecule has 1 aromatic carbocycles. The Morgan fingerprint density at radius 2 is 2.00 bits per heavy atom. The fourth-order valence-electron chi connectivity index (χ4n) is 1.64. The maximum atomic E-state index is 11.4. The van der Waals surface area contributed by atoms with Gasteiger partial charge in [-0.3, -0.25) is 0 Å². The first kappa shape index (κ1) is 12.4. The van der Waals surface area contributed by atoms with E-state index in [1.54, 1.807) is 24.3 Å². The molecule has 0 radical (unpaired) electrons. The van der Waals surface area contributed by atoms with Crippen LogP contribution >= 0.6 is 11.6 Å². The first-order chi connectivity index (χ1) is 8.49. The lowest BCUT2D eigenvalue weighted by Gasteiger charge is -2.03. The van der Waals surface area contributed by atoms with E-state index in [1.165, 1.54) is 11.7 Å². The molecule has 5 nitrogen and oxygen atoms in total. The summed E-state index contributed by atoms with van der Waals surface area (Å²) < 4.78 is 6.15.